The zero-order chi connectivity index (χ0) is 14.9. The van der Waals surface area contributed by atoms with Gasteiger partial charge in [0.05, 0.1) is 29.2 Å². The highest BCUT2D eigenvalue weighted by molar-refractivity contribution is 6.33. The van der Waals surface area contributed by atoms with Crippen molar-refractivity contribution in [3.05, 3.63) is 46.7 Å². The molecule has 0 aromatic heterocycles. The summed E-state index contributed by atoms with van der Waals surface area (Å²) in [5, 5.41) is 2.24. The smallest absolute Gasteiger partial charge is 0.151 e. The average molecular weight is 303 g/mol. The van der Waals surface area contributed by atoms with Gasteiger partial charge in [-0.15, -0.1) is 0 Å². The predicted octanol–water partition coefficient (Wildman–Crippen LogP) is 4.09. The van der Waals surface area contributed by atoms with E-state index in [4.69, 9.17) is 22.1 Å². The number of nitrogen functional groups attached to an aromatic ring is 1. The Morgan fingerprint density at radius 2 is 1.80 bits per heavy atom. The summed E-state index contributed by atoms with van der Waals surface area (Å²) in [5.41, 5.74) is 5.30. The minimum Gasteiger partial charge on any atom is -0.495 e. The molecule has 2 aromatic carbocycles. The monoisotopic (exact) mass is 302 g/mol. The van der Waals surface area contributed by atoms with Gasteiger partial charge < -0.3 is 15.8 Å². The summed E-state index contributed by atoms with van der Waals surface area (Å²) < 4.78 is 45.3. The number of halogens is 4. The zero-order valence-corrected chi connectivity index (χ0v) is 11.1. The Balaban J connectivity index is 2.45. The molecule has 0 radical (unpaired) electrons. The summed E-state index contributed by atoms with van der Waals surface area (Å²) in [5.74, 6) is -2.27. The molecule has 0 bridgehead atoms. The highest BCUT2D eigenvalue weighted by Crippen LogP contribution is 2.34. The van der Waals surface area contributed by atoms with Crippen LogP contribution in [0.15, 0.2) is 24.3 Å². The van der Waals surface area contributed by atoms with Gasteiger partial charge >= 0.3 is 0 Å². The average Bonchev–Trinajstić information content (AvgIpc) is 2.35. The van der Waals surface area contributed by atoms with Crippen LogP contribution in [0.1, 0.15) is 0 Å². The van der Waals surface area contributed by atoms with Gasteiger partial charge in [0.15, 0.2) is 5.82 Å². The number of rotatable bonds is 3. The van der Waals surface area contributed by atoms with Crippen molar-refractivity contribution in [2.75, 3.05) is 18.2 Å². The summed E-state index contributed by atoms with van der Waals surface area (Å²) in [6.07, 6.45) is 0. The van der Waals surface area contributed by atoms with Gasteiger partial charge in [-0.3, -0.25) is 0 Å². The van der Waals surface area contributed by atoms with E-state index in [1.54, 1.807) is 0 Å². The molecule has 0 fully saturated rings. The minimum absolute atomic E-state index is 0.0940. The van der Waals surface area contributed by atoms with Crippen molar-refractivity contribution < 1.29 is 17.9 Å². The molecule has 0 saturated carbocycles. The Labute approximate surface area is 118 Å². The van der Waals surface area contributed by atoms with E-state index >= 15 is 0 Å². The predicted molar refractivity (Wildman–Crippen MR) is 72.0 cm³/mol. The molecule has 0 atom stereocenters. The first-order valence-electron chi connectivity index (χ1n) is 5.47. The second kappa shape index (κ2) is 5.50. The first-order valence-corrected chi connectivity index (χ1v) is 5.84. The molecular weight excluding hydrogens is 293 g/mol. The topological polar surface area (TPSA) is 47.3 Å². The first-order chi connectivity index (χ1) is 9.42. The van der Waals surface area contributed by atoms with E-state index < -0.39 is 17.5 Å². The van der Waals surface area contributed by atoms with Gasteiger partial charge in [-0.2, -0.15) is 0 Å². The van der Waals surface area contributed by atoms with Crippen LogP contribution < -0.4 is 15.8 Å². The second-order valence-electron chi connectivity index (χ2n) is 3.94. The Kier molecular flexibility index (Phi) is 3.94. The van der Waals surface area contributed by atoms with Crippen molar-refractivity contribution in [3.63, 3.8) is 0 Å². The van der Waals surface area contributed by atoms with Crippen molar-refractivity contribution in [1.82, 2.24) is 0 Å². The molecule has 0 unspecified atom stereocenters. The third-order valence-corrected chi connectivity index (χ3v) is 2.88. The molecule has 3 nitrogen and oxygen atoms in total. The van der Waals surface area contributed by atoms with Crippen molar-refractivity contribution in [3.8, 4) is 5.75 Å². The molecule has 3 N–H and O–H groups in total. The first kappa shape index (κ1) is 14.3. The van der Waals surface area contributed by atoms with E-state index in [1.165, 1.54) is 13.2 Å². The lowest BCUT2D eigenvalue weighted by molar-refractivity contribution is 0.416. The molecule has 0 aliphatic rings. The van der Waals surface area contributed by atoms with Crippen LogP contribution in [0.4, 0.5) is 30.2 Å². The molecule has 0 amide bonds. The third kappa shape index (κ3) is 2.75. The molecule has 106 valence electrons. The lowest BCUT2D eigenvalue weighted by Gasteiger charge is -2.13. The Morgan fingerprint density at radius 3 is 2.40 bits per heavy atom. The fourth-order valence-electron chi connectivity index (χ4n) is 1.64. The fraction of sp³-hybridized carbons (Fsp3) is 0.0769. The van der Waals surface area contributed by atoms with E-state index in [0.717, 1.165) is 12.1 Å². The molecule has 7 heteroatoms. The van der Waals surface area contributed by atoms with E-state index in [9.17, 15) is 13.2 Å². The lowest BCUT2D eigenvalue weighted by Crippen LogP contribution is -2.01. The standard InChI is InChI=1S/C13H10ClF3N2O/c1-20-12-5-11(8(16)4-10(12)18)19-13-7(14)2-6(15)3-9(13)17/h2-5,19H,18H2,1H3. The van der Waals surface area contributed by atoms with Gasteiger partial charge in [-0.05, 0) is 6.07 Å². The number of anilines is 3. The van der Waals surface area contributed by atoms with Crippen LogP contribution in [0.3, 0.4) is 0 Å². The number of hydrogen-bond donors (Lipinski definition) is 2. The summed E-state index contributed by atoms with van der Waals surface area (Å²) in [6.45, 7) is 0. The molecular formula is C13H10ClF3N2O. The van der Waals surface area contributed by atoms with E-state index in [0.29, 0.717) is 6.07 Å². The van der Waals surface area contributed by atoms with Gasteiger partial charge in [0.1, 0.15) is 17.4 Å². The molecule has 0 heterocycles. The SMILES string of the molecule is COc1cc(Nc2c(F)cc(F)cc2Cl)c(F)cc1N. The number of ether oxygens (including phenoxy) is 1. The van der Waals surface area contributed by atoms with Crippen molar-refractivity contribution in [1.29, 1.82) is 0 Å². The Hall–Kier alpha value is -2.08. The highest BCUT2D eigenvalue weighted by Gasteiger charge is 2.14. The maximum absolute atomic E-state index is 13.8. The van der Waals surface area contributed by atoms with Crippen molar-refractivity contribution in [2.45, 2.75) is 0 Å². The highest BCUT2D eigenvalue weighted by atomic mass is 35.5. The van der Waals surface area contributed by atoms with Crippen molar-refractivity contribution >= 4 is 28.7 Å². The number of methoxy groups -OCH3 is 1. The lowest BCUT2D eigenvalue weighted by atomic mass is 10.2. The van der Waals surface area contributed by atoms with Crippen LogP contribution in [-0.4, -0.2) is 7.11 Å². The van der Waals surface area contributed by atoms with Crippen LogP contribution in [0.5, 0.6) is 5.75 Å². The van der Waals surface area contributed by atoms with Gasteiger partial charge in [-0.25, -0.2) is 13.2 Å². The van der Waals surface area contributed by atoms with Gasteiger partial charge in [-0.1, -0.05) is 11.6 Å². The summed E-state index contributed by atoms with van der Waals surface area (Å²) in [6, 6.07) is 3.83. The maximum atomic E-state index is 13.8. The maximum Gasteiger partial charge on any atom is 0.151 e. The molecule has 0 spiro atoms. The quantitative estimate of drug-likeness (QED) is 0.839. The fourth-order valence-corrected chi connectivity index (χ4v) is 1.88. The van der Waals surface area contributed by atoms with Crippen LogP contribution in [-0.2, 0) is 0 Å². The van der Waals surface area contributed by atoms with Crippen LogP contribution in [0.2, 0.25) is 5.02 Å². The third-order valence-electron chi connectivity index (χ3n) is 2.59. The summed E-state index contributed by atoms with van der Waals surface area (Å²) in [7, 11) is 1.36. The molecule has 20 heavy (non-hydrogen) atoms. The minimum atomic E-state index is -0.940. The molecule has 0 aliphatic carbocycles. The van der Waals surface area contributed by atoms with Gasteiger partial charge in [0.2, 0.25) is 0 Å². The number of benzene rings is 2. The normalized spacial score (nSPS) is 10.4. The number of nitrogens with one attached hydrogen (secondary N) is 1. The Morgan fingerprint density at radius 1 is 1.10 bits per heavy atom. The van der Waals surface area contributed by atoms with Gasteiger partial charge in [0, 0.05) is 18.2 Å². The molecule has 0 aliphatic heterocycles. The zero-order valence-electron chi connectivity index (χ0n) is 10.3. The van der Waals surface area contributed by atoms with Gasteiger partial charge in [0.25, 0.3) is 0 Å². The summed E-state index contributed by atoms with van der Waals surface area (Å²) in [4.78, 5) is 0. The molecule has 2 rings (SSSR count). The van der Waals surface area contributed by atoms with Crippen molar-refractivity contribution in [2.24, 2.45) is 0 Å². The van der Waals surface area contributed by atoms with E-state index in [1.807, 2.05) is 0 Å². The number of hydrogen-bond acceptors (Lipinski definition) is 3. The molecule has 2 aromatic rings. The molecule has 0 saturated heterocycles. The van der Waals surface area contributed by atoms with E-state index in [-0.39, 0.29) is 27.8 Å². The second-order valence-corrected chi connectivity index (χ2v) is 4.35. The Bertz CT molecular complexity index is 641. The number of nitrogens with two attached hydrogens (primary N) is 1. The summed E-state index contributed by atoms with van der Waals surface area (Å²) >= 11 is 5.72. The largest absolute Gasteiger partial charge is 0.495 e. The van der Waals surface area contributed by atoms with Crippen LogP contribution in [0.25, 0.3) is 0 Å². The van der Waals surface area contributed by atoms with Crippen LogP contribution >= 0.6 is 11.6 Å². The van der Waals surface area contributed by atoms with Crippen LogP contribution in [0, 0.1) is 17.5 Å². The van der Waals surface area contributed by atoms with E-state index in [2.05, 4.69) is 5.32 Å².